The van der Waals surface area contributed by atoms with E-state index in [1.807, 2.05) is 12.1 Å². The first-order chi connectivity index (χ1) is 17.6. The summed E-state index contributed by atoms with van der Waals surface area (Å²) in [6, 6.07) is 20.2. The van der Waals surface area contributed by atoms with Crippen molar-refractivity contribution < 1.29 is 27.8 Å². The van der Waals surface area contributed by atoms with Crippen LogP contribution in [0, 0.1) is 20.2 Å². The minimum atomic E-state index is -3.91. The number of nitro groups is 2. The van der Waals surface area contributed by atoms with Gasteiger partial charge in [-0.15, -0.1) is 0 Å². The van der Waals surface area contributed by atoms with Gasteiger partial charge in [-0.1, -0.05) is 30.3 Å². The van der Waals surface area contributed by atoms with Crippen molar-refractivity contribution in [2.45, 2.75) is 4.90 Å². The molecule has 13 heteroatoms. The Balaban J connectivity index is 1.43. The van der Waals surface area contributed by atoms with E-state index in [0.717, 1.165) is 29.0 Å². The number of nitrogens with zero attached hydrogens (tertiary/aromatic N) is 3. The van der Waals surface area contributed by atoms with Crippen LogP contribution in [-0.4, -0.2) is 30.4 Å². The van der Waals surface area contributed by atoms with Crippen molar-refractivity contribution in [2.75, 3.05) is 0 Å². The number of ether oxygens (including phenoxy) is 1. The minimum absolute atomic E-state index is 0.0481. The van der Waals surface area contributed by atoms with Gasteiger partial charge in [-0.3, -0.25) is 20.2 Å². The molecule has 0 aliphatic heterocycles. The molecule has 37 heavy (non-hydrogen) atoms. The maximum atomic E-state index is 12.5. The molecule has 1 N–H and O–H groups in total. The summed E-state index contributed by atoms with van der Waals surface area (Å²) < 4.78 is 30.2. The van der Waals surface area contributed by atoms with E-state index in [-0.39, 0.29) is 16.2 Å². The molecule has 0 spiro atoms. The fraction of sp³-hybridized carbons (Fsp3) is 0. The van der Waals surface area contributed by atoms with Crippen LogP contribution in [0.15, 0.2) is 94.9 Å². The molecule has 0 aliphatic carbocycles. The number of fused-ring (bicyclic) bond motifs is 1. The Kier molecular flexibility index (Phi) is 6.88. The van der Waals surface area contributed by atoms with Gasteiger partial charge in [0.05, 0.1) is 32.6 Å². The number of sulfonamides is 1. The van der Waals surface area contributed by atoms with Crippen molar-refractivity contribution in [1.82, 2.24) is 4.83 Å². The first-order valence-electron chi connectivity index (χ1n) is 10.4. The summed E-state index contributed by atoms with van der Waals surface area (Å²) in [6.45, 7) is 0. The highest BCUT2D eigenvalue weighted by molar-refractivity contribution is 7.89. The standard InChI is InChI=1S/C24H16N4O8S/c29-24(19-11-20(27(30)31)14-21(12-19)28(32)33)36-22-8-5-16(6-9-22)15-25-26-37(34,35)23-10-7-17-3-1-2-4-18(17)13-23/h1-15,26H/b25-15-. The number of nitrogens with one attached hydrogen (secondary N) is 1. The Morgan fingerprint density at radius 1 is 0.838 bits per heavy atom. The maximum absolute atomic E-state index is 12.5. The summed E-state index contributed by atoms with van der Waals surface area (Å²) in [4.78, 5) is 34.9. The highest BCUT2D eigenvalue weighted by atomic mass is 32.2. The average Bonchev–Trinajstić information content (AvgIpc) is 2.89. The normalized spacial score (nSPS) is 11.4. The van der Waals surface area contributed by atoms with Gasteiger partial charge in [0.2, 0.25) is 0 Å². The number of nitro benzene ring substituents is 2. The zero-order chi connectivity index (χ0) is 26.6. The summed E-state index contributed by atoms with van der Waals surface area (Å²) >= 11 is 0. The third-order valence-electron chi connectivity index (χ3n) is 5.07. The van der Waals surface area contributed by atoms with Crippen molar-refractivity contribution in [3.63, 3.8) is 0 Å². The molecule has 4 aromatic rings. The highest BCUT2D eigenvalue weighted by Crippen LogP contribution is 2.24. The molecule has 4 aromatic carbocycles. The zero-order valence-electron chi connectivity index (χ0n) is 18.7. The number of hydrogen-bond donors (Lipinski definition) is 1. The van der Waals surface area contributed by atoms with Gasteiger partial charge in [0.25, 0.3) is 21.4 Å². The quantitative estimate of drug-likeness (QED) is 0.118. The van der Waals surface area contributed by atoms with Crippen molar-refractivity contribution >= 4 is 44.4 Å². The third-order valence-corrected chi connectivity index (χ3v) is 6.29. The molecule has 0 saturated carbocycles. The summed E-state index contributed by atoms with van der Waals surface area (Å²) in [5.74, 6) is -0.982. The van der Waals surface area contributed by atoms with Crippen molar-refractivity contribution in [1.29, 1.82) is 0 Å². The monoisotopic (exact) mass is 520 g/mol. The smallest absolute Gasteiger partial charge is 0.344 e. The lowest BCUT2D eigenvalue weighted by Gasteiger charge is -2.06. The van der Waals surface area contributed by atoms with Gasteiger partial charge in [-0.2, -0.15) is 13.5 Å². The molecule has 186 valence electrons. The van der Waals surface area contributed by atoms with E-state index in [4.69, 9.17) is 4.74 Å². The van der Waals surface area contributed by atoms with Crippen molar-refractivity contribution in [3.05, 3.63) is 116 Å². The van der Waals surface area contributed by atoms with Crippen LogP contribution in [0.1, 0.15) is 15.9 Å². The summed E-state index contributed by atoms with van der Waals surface area (Å²) in [5, 5.41) is 27.4. The highest BCUT2D eigenvalue weighted by Gasteiger charge is 2.21. The summed E-state index contributed by atoms with van der Waals surface area (Å²) in [6.07, 6.45) is 1.24. The summed E-state index contributed by atoms with van der Waals surface area (Å²) in [5.41, 5.74) is -1.15. The number of hydrogen-bond acceptors (Lipinski definition) is 9. The Morgan fingerprint density at radius 3 is 2.08 bits per heavy atom. The number of carbonyl (C=O) groups excluding carboxylic acids is 1. The second-order valence-electron chi connectivity index (χ2n) is 7.57. The van der Waals surface area contributed by atoms with Crippen LogP contribution >= 0.6 is 0 Å². The van der Waals surface area contributed by atoms with Gasteiger partial charge in [0.15, 0.2) is 0 Å². The molecule has 0 amide bonds. The molecule has 0 unspecified atom stereocenters. The molecule has 0 atom stereocenters. The van der Waals surface area contributed by atoms with E-state index in [0.29, 0.717) is 5.56 Å². The maximum Gasteiger partial charge on any atom is 0.344 e. The molecule has 4 rings (SSSR count). The second kappa shape index (κ2) is 10.2. The summed E-state index contributed by atoms with van der Waals surface area (Å²) in [7, 11) is -3.91. The van der Waals surface area contributed by atoms with Crippen LogP contribution in [0.3, 0.4) is 0 Å². The average molecular weight is 520 g/mol. The second-order valence-corrected chi connectivity index (χ2v) is 9.23. The molecular formula is C24H16N4O8S. The molecule has 0 radical (unpaired) electrons. The molecule has 12 nitrogen and oxygen atoms in total. The predicted octanol–water partition coefficient (Wildman–Crippen LogP) is 4.19. The van der Waals surface area contributed by atoms with Crippen LogP contribution < -0.4 is 9.57 Å². The molecule has 0 aromatic heterocycles. The van der Waals surface area contributed by atoms with Crippen LogP contribution in [0.2, 0.25) is 0 Å². The number of rotatable bonds is 8. The lowest BCUT2D eigenvalue weighted by atomic mass is 10.1. The largest absolute Gasteiger partial charge is 0.423 e. The van der Waals surface area contributed by atoms with Gasteiger partial charge < -0.3 is 4.74 Å². The van der Waals surface area contributed by atoms with Crippen molar-refractivity contribution in [2.24, 2.45) is 5.10 Å². The molecule has 0 aliphatic rings. The molecule has 0 heterocycles. The van der Waals surface area contributed by atoms with E-state index in [1.165, 1.54) is 42.6 Å². The lowest BCUT2D eigenvalue weighted by molar-refractivity contribution is -0.394. The van der Waals surface area contributed by atoms with Crippen LogP contribution in [-0.2, 0) is 10.0 Å². The predicted molar refractivity (Wildman–Crippen MR) is 133 cm³/mol. The molecule has 0 saturated heterocycles. The number of carbonyl (C=O) groups is 1. The molecule has 0 fully saturated rings. The topological polar surface area (TPSA) is 171 Å². The van der Waals surface area contributed by atoms with Gasteiger partial charge >= 0.3 is 5.97 Å². The number of hydrazone groups is 1. The van der Waals surface area contributed by atoms with Gasteiger partial charge in [-0.25, -0.2) is 9.63 Å². The molecule has 0 bridgehead atoms. The van der Waals surface area contributed by atoms with Crippen LogP contribution in [0.25, 0.3) is 10.8 Å². The first kappa shape index (κ1) is 24.9. The van der Waals surface area contributed by atoms with Crippen molar-refractivity contribution in [3.8, 4) is 5.75 Å². The molecular weight excluding hydrogens is 504 g/mol. The fourth-order valence-corrected chi connectivity index (χ4v) is 4.10. The van der Waals surface area contributed by atoms with E-state index < -0.39 is 37.2 Å². The van der Waals surface area contributed by atoms with Gasteiger partial charge in [0.1, 0.15) is 5.75 Å². The Morgan fingerprint density at radius 2 is 1.46 bits per heavy atom. The van der Waals surface area contributed by atoms with Gasteiger partial charge in [0, 0.05) is 12.1 Å². The van der Waals surface area contributed by atoms with E-state index in [1.54, 1.807) is 18.2 Å². The first-order valence-corrected chi connectivity index (χ1v) is 11.9. The van der Waals surface area contributed by atoms with E-state index in [2.05, 4.69) is 9.93 Å². The SMILES string of the molecule is O=C(Oc1ccc(/C=N\NS(=O)(=O)c2ccc3ccccc3c2)cc1)c1cc([N+](=O)[O-])cc([N+](=O)[O-])c1. The Labute approximate surface area is 209 Å². The minimum Gasteiger partial charge on any atom is -0.423 e. The van der Waals surface area contributed by atoms with Gasteiger partial charge in [-0.05, 0) is 52.7 Å². The fourth-order valence-electron chi connectivity index (χ4n) is 3.27. The number of non-ortho nitro benzene ring substituents is 2. The van der Waals surface area contributed by atoms with Crippen LogP contribution in [0.4, 0.5) is 11.4 Å². The number of benzene rings is 4. The van der Waals surface area contributed by atoms with E-state index in [9.17, 15) is 33.4 Å². The van der Waals surface area contributed by atoms with Crippen LogP contribution in [0.5, 0.6) is 5.75 Å². The number of esters is 1. The lowest BCUT2D eigenvalue weighted by Crippen LogP contribution is -2.18. The van der Waals surface area contributed by atoms with E-state index >= 15 is 0 Å². The third kappa shape index (κ3) is 5.91. The Hall–Kier alpha value is -5.17. The zero-order valence-corrected chi connectivity index (χ0v) is 19.5. The Bertz CT molecular complexity index is 1640.